The minimum Gasteiger partial charge on any atom is -0.464 e. The van der Waals surface area contributed by atoms with Crippen molar-refractivity contribution in [1.82, 2.24) is 5.32 Å². The van der Waals surface area contributed by atoms with E-state index in [1.807, 2.05) is 0 Å². The highest BCUT2D eigenvalue weighted by Gasteiger charge is 2.16. The van der Waals surface area contributed by atoms with Gasteiger partial charge >= 0.3 is 5.97 Å². The molecule has 1 aromatic heterocycles. The van der Waals surface area contributed by atoms with Crippen LogP contribution >= 0.6 is 0 Å². The summed E-state index contributed by atoms with van der Waals surface area (Å²) in [5.41, 5.74) is 0. The van der Waals surface area contributed by atoms with Crippen LogP contribution in [0.1, 0.15) is 42.7 Å². The average Bonchev–Trinajstić information content (AvgIpc) is 2.98. The van der Waals surface area contributed by atoms with Crippen molar-refractivity contribution >= 4 is 11.9 Å². The standard InChI is InChI=1S/C14H19NO4/c16-13(19-10-11-5-2-1-3-6-11)9-15-14(17)12-7-4-8-18-12/h4,7-8,11H,1-3,5-6,9-10H2,(H,15,17). The fraction of sp³-hybridized carbons (Fsp3) is 0.571. The van der Waals surface area contributed by atoms with Gasteiger partial charge in [-0.15, -0.1) is 0 Å². The number of esters is 1. The molecule has 0 aliphatic heterocycles. The number of nitrogens with one attached hydrogen (secondary N) is 1. The zero-order valence-electron chi connectivity index (χ0n) is 10.9. The Morgan fingerprint density at radius 2 is 2.11 bits per heavy atom. The van der Waals surface area contributed by atoms with Gasteiger partial charge in [0.1, 0.15) is 6.54 Å². The van der Waals surface area contributed by atoms with Gasteiger partial charge in [-0.2, -0.15) is 0 Å². The Bertz CT molecular complexity index is 407. The maximum absolute atomic E-state index is 11.5. The predicted molar refractivity (Wildman–Crippen MR) is 68.6 cm³/mol. The van der Waals surface area contributed by atoms with Gasteiger partial charge in [0, 0.05) is 0 Å². The van der Waals surface area contributed by atoms with E-state index in [2.05, 4.69) is 5.32 Å². The number of hydrogen-bond acceptors (Lipinski definition) is 4. The topological polar surface area (TPSA) is 68.5 Å². The largest absolute Gasteiger partial charge is 0.464 e. The molecule has 2 rings (SSSR count). The van der Waals surface area contributed by atoms with Crippen molar-refractivity contribution in [3.05, 3.63) is 24.2 Å². The Hall–Kier alpha value is -1.78. The van der Waals surface area contributed by atoms with E-state index in [0.29, 0.717) is 12.5 Å². The van der Waals surface area contributed by atoms with E-state index in [1.54, 1.807) is 12.1 Å². The highest BCUT2D eigenvalue weighted by Crippen LogP contribution is 2.23. The molecule has 0 radical (unpaired) electrons. The molecule has 104 valence electrons. The van der Waals surface area contributed by atoms with E-state index in [9.17, 15) is 9.59 Å². The smallest absolute Gasteiger partial charge is 0.325 e. The molecular formula is C14H19NO4. The lowest BCUT2D eigenvalue weighted by molar-refractivity contribution is -0.144. The van der Waals surface area contributed by atoms with Crippen LogP contribution < -0.4 is 5.32 Å². The molecule has 0 atom stereocenters. The van der Waals surface area contributed by atoms with Crippen molar-refractivity contribution in [3.8, 4) is 0 Å². The molecule has 5 nitrogen and oxygen atoms in total. The Balaban J connectivity index is 1.63. The second-order valence-corrected chi connectivity index (χ2v) is 4.85. The van der Waals surface area contributed by atoms with E-state index in [1.165, 1.54) is 25.5 Å². The molecule has 1 heterocycles. The van der Waals surface area contributed by atoms with Crippen LogP contribution in [-0.2, 0) is 9.53 Å². The number of hydrogen-bond donors (Lipinski definition) is 1. The van der Waals surface area contributed by atoms with Crippen LogP contribution in [0.25, 0.3) is 0 Å². The zero-order valence-corrected chi connectivity index (χ0v) is 10.9. The zero-order chi connectivity index (χ0) is 13.5. The third-order valence-electron chi connectivity index (χ3n) is 3.34. The Morgan fingerprint density at radius 3 is 2.79 bits per heavy atom. The monoisotopic (exact) mass is 265 g/mol. The van der Waals surface area contributed by atoms with Gasteiger partial charge in [-0.25, -0.2) is 0 Å². The molecule has 0 unspecified atom stereocenters. The first-order chi connectivity index (χ1) is 9.25. The Kier molecular flexibility index (Phi) is 5.01. The molecular weight excluding hydrogens is 246 g/mol. The molecule has 1 N–H and O–H groups in total. The van der Waals surface area contributed by atoms with E-state index in [4.69, 9.17) is 9.15 Å². The van der Waals surface area contributed by atoms with Crippen molar-refractivity contribution in [1.29, 1.82) is 0 Å². The normalized spacial score (nSPS) is 16.0. The lowest BCUT2D eigenvalue weighted by Gasteiger charge is -2.20. The molecule has 0 spiro atoms. The maximum atomic E-state index is 11.5. The highest BCUT2D eigenvalue weighted by atomic mass is 16.5. The molecule has 5 heteroatoms. The summed E-state index contributed by atoms with van der Waals surface area (Å²) in [4.78, 5) is 23.0. The van der Waals surface area contributed by atoms with Crippen molar-refractivity contribution in [2.75, 3.05) is 13.2 Å². The first kappa shape index (κ1) is 13.6. The minimum absolute atomic E-state index is 0.119. The van der Waals surface area contributed by atoms with Crippen molar-refractivity contribution in [2.24, 2.45) is 5.92 Å². The lowest BCUT2D eigenvalue weighted by atomic mass is 9.90. The number of carbonyl (C=O) groups is 2. The van der Waals surface area contributed by atoms with E-state index < -0.39 is 11.9 Å². The van der Waals surface area contributed by atoms with Gasteiger partial charge in [-0.05, 0) is 30.9 Å². The van der Waals surface area contributed by atoms with Gasteiger partial charge < -0.3 is 14.5 Å². The summed E-state index contributed by atoms with van der Waals surface area (Å²) < 4.78 is 10.1. The maximum Gasteiger partial charge on any atom is 0.325 e. The summed E-state index contributed by atoms with van der Waals surface area (Å²) in [6, 6.07) is 3.17. The van der Waals surface area contributed by atoms with Gasteiger partial charge in [0.05, 0.1) is 12.9 Å². The third-order valence-corrected chi connectivity index (χ3v) is 3.34. The van der Waals surface area contributed by atoms with E-state index in [0.717, 1.165) is 12.8 Å². The summed E-state index contributed by atoms with van der Waals surface area (Å²) in [7, 11) is 0. The number of amides is 1. The number of carbonyl (C=O) groups excluding carboxylic acids is 2. The van der Waals surface area contributed by atoms with Gasteiger partial charge in [0.15, 0.2) is 5.76 Å². The van der Waals surface area contributed by atoms with E-state index in [-0.39, 0.29) is 12.3 Å². The summed E-state index contributed by atoms with van der Waals surface area (Å²) >= 11 is 0. The SMILES string of the molecule is O=C(CNC(=O)c1ccco1)OCC1CCCCC1. The van der Waals surface area contributed by atoms with Gasteiger partial charge in [-0.1, -0.05) is 19.3 Å². The molecule has 1 aliphatic rings. The second-order valence-electron chi connectivity index (χ2n) is 4.85. The van der Waals surface area contributed by atoms with Crippen LogP contribution in [0.5, 0.6) is 0 Å². The average molecular weight is 265 g/mol. The Morgan fingerprint density at radius 1 is 1.32 bits per heavy atom. The number of furan rings is 1. The second kappa shape index (κ2) is 6.97. The highest BCUT2D eigenvalue weighted by molar-refractivity contribution is 5.93. The summed E-state index contributed by atoms with van der Waals surface area (Å²) in [5, 5.41) is 2.47. The molecule has 1 fully saturated rings. The van der Waals surface area contributed by atoms with Crippen molar-refractivity contribution in [2.45, 2.75) is 32.1 Å². The Labute approximate surface area is 112 Å². The number of ether oxygens (including phenoxy) is 1. The minimum atomic E-state index is -0.403. The molecule has 0 saturated heterocycles. The molecule has 0 aromatic carbocycles. The van der Waals surface area contributed by atoms with Crippen LogP contribution in [-0.4, -0.2) is 25.0 Å². The molecule has 1 amide bonds. The molecule has 1 saturated carbocycles. The fourth-order valence-electron chi connectivity index (χ4n) is 2.26. The molecule has 19 heavy (non-hydrogen) atoms. The first-order valence-electron chi connectivity index (χ1n) is 6.73. The van der Waals surface area contributed by atoms with Crippen LogP contribution in [0.2, 0.25) is 0 Å². The van der Waals surface area contributed by atoms with Gasteiger partial charge in [0.2, 0.25) is 0 Å². The quantitative estimate of drug-likeness (QED) is 0.828. The van der Waals surface area contributed by atoms with Crippen LogP contribution in [0.15, 0.2) is 22.8 Å². The van der Waals surface area contributed by atoms with Crippen LogP contribution in [0, 0.1) is 5.92 Å². The fourth-order valence-corrected chi connectivity index (χ4v) is 2.26. The molecule has 1 aliphatic carbocycles. The van der Waals surface area contributed by atoms with Gasteiger partial charge in [-0.3, -0.25) is 9.59 Å². The summed E-state index contributed by atoms with van der Waals surface area (Å²) in [6.07, 6.45) is 7.40. The molecule has 1 aromatic rings. The lowest BCUT2D eigenvalue weighted by Crippen LogP contribution is -2.31. The number of rotatable bonds is 5. The summed E-state index contributed by atoms with van der Waals surface area (Å²) in [6.45, 7) is 0.349. The molecule has 0 bridgehead atoms. The summed E-state index contributed by atoms with van der Waals surface area (Å²) in [5.74, 6) is -0.122. The van der Waals surface area contributed by atoms with Gasteiger partial charge in [0.25, 0.3) is 5.91 Å². The van der Waals surface area contributed by atoms with Crippen LogP contribution in [0.4, 0.5) is 0 Å². The van der Waals surface area contributed by atoms with Crippen molar-refractivity contribution in [3.63, 3.8) is 0 Å². The predicted octanol–water partition coefficient (Wildman–Crippen LogP) is 2.13. The third kappa shape index (κ3) is 4.43. The first-order valence-corrected chi connectivity index (χ1v) is 6.73. The van der Waals surface area contributed by atoms with E-state index >= 15 is 0 Å². The van der Waals surface area contributed by atoms with Crippen molar-refractivity contribution < 1.29 is 18.7 Å². The van der Waals surface area contributed by atoms with Crippen LogP contribution in [0.3, 0.4) is 0 Å².